The van der Waals surface area contributed by atoms with E-state index >= 15 is 0 Å². The van der Waals surface area contributed by atoms with Gasteiger partial charge in [0.1, 0.15) is 18.8 Å². The van der Waals surface area contributed by atoms with Crippen molar-refractivity contribution in [3.63, 3.8) is 0 Å². The first-order valence-corrected chi connectivity index (χ1v) is 9.37. The van der Waals surface area contributed by atoms with Gasteiger partial charge in [-0.3, -0.25) is 19.2 Å². The van der Waals surface area contributed by atoms with Crippen LogP contribution < -0.4 is 0 Å². The molecule has 0 aromatic carbocycles. The third-order valence-electron chi connectivity index (χ3n) is 3.13. The third-order valence-corrected chi connectivity index (χ3v) is 3.13. The molecule has 0 aliphatic rings. The molecule has 0 aliphatic heterocycles. The summed E-state index contributed by atoms with van der Waals surface area (Å²) in [5.74, 6) is -2.33. The van der Waals surface area contributed by atoms with Gasteiger partial charge in [-0.15, -0.1) is 6.58 Å². The number of carbonyl (C=O) groups is 4. The topological polar surface area (TPSA) is 118 Å². The summed E-state index contributed by atoms with van der Waals surface area (Å²) in [7, 11) is 0. The van der Waals surface area contributed by atoms with Crippen LogP contribution >= 0.6 is 0 Å². The highest BCUT2D eigenvalue weighted by Gasteiger charge is 2.19. The molecule has 0 heterocycles. The lowest BCUT2D eigenvalue weighted by Gasteiger charge is -2.09. The Hall–Kier alpha value is -2.02. The minimum absolute atomic E-state index is 0.0362. The number of carbonyl (C=O) groups excluding carboxylic acids is 3. The molecule has 0 saturated heterocycles. The molecular formula is C20H36O7. The number of esters is 1. The van der Waals surface area contributed by atoms with E-state index in [4.69, 9.17) is 10.2 Å². The molecule has 27 heavy (non-hydrogen) atoms. The number of carboxylic acid groups (broad SMARTS) is 1. The maximum Gasteiger partial charge on any atom is 0.313 e. The monoisotopic (exact) mass is 388 g/mol. The molecule has 0 amide bonds. The highest BCUT2D eigenvalue weighted by Crippen LogP contribution is 2.12. The Morgan fingerprint density at radius 1 is 1.07 bits per heavy atom. The van der Waals surface area contributed by atoms with Crippen LogP contribution in [0.5, 0.6) is 0 Å². The van der Waals surface area contributed by atoms with Gasteiger partial charge in [-0.25, -0.2) is 0 Å². The summed E-state index contributed by atoms with van der Waals surface area (Å²) >= 11 is 0. The predicted molar refractivity (Wildman–Crippen MR) is 104 cm³/mol. The largest absolute Gasteiger partial charge is 0.481 e. The van der Waals surface area contributed by atoms with E-state index in [1.54, 1.807) is 6.92 Å². The van der Waals surface area contributed by atoms with Crippen LogP contribution in [-0.2, 0) is 23.9 Å². The summed E-state index contributed by atoms with van der Waals surface area (Å²) in [5.41, 5.74) is 0. The maximum atomic E-state index is 10.9. The highest BCUT2D eigenvalue weighted by atomic mass is 16.5. The van der Waals surface area contributed by atoms with E-state index in [9.17, 15) is 19.2 Å². The number of aliphatic hydroxyl groups is 1. The normalized spacial score (nSPS) is 10.3. The van der Waals surface area contributed by atoms with E-state index in [1.165, 1.54) is 0 Å². The molecular weight excluding hydrogens is 352 g/mol. The van der Waals surface area contributed by atoms with Crippen molar-refractivity contribution >= 4 is 23.5 Å². The fraction of sp³-hybridized carbons (Fsp3) is 0.700. The summed E-state index contributed by atoms with van der Waals surface area (Å²) < 4.78 is 4.60. The predicted octanol–water partition coefficient (Wildman–Crippen LogP) is 3.33. The average molecular weight is 389 g/mol. The summed E-state index contributed by atoms with van der Waals surface area (Å²) in [6.45, 7) is 10.8. The molecule has 0 spiro atoms. The minimum Gasteiger partial charge on any atom is -0.481 e. The lowest BCUT2D eigenvalue weighted by atomic mass is 9.95. The van der Waals surface area contributed by atoms with E-state index in [2.05, 4.69) is 18.2 Å². The summed E-state index contributed by atoms with van der Waals surface area (Å²) in [6, 6.07) is 0. The second-order valence-corrected chi connectivity index (χ2v) is 5.68. The van der Waals surface area contributed by atoms with Crippen LogP contribution in [0, 0.1) is 5.92 Å². The summed E-state index contributed by atoms with van der Waals surface area (Å²) in [6.07, 6.45) is 5.27. The zero-order chi connectivity index (χ0) is 21.7. The quantitative estimate of drug-likeness (QED) is 0.299. The van der Waals surface area contributed by atoms with Gasteiger partial charge in [0, 0.05) is 12.3 Å². The van der Waals surface area contributed by atoms with E-state index in [0.29, 0.717) is 19.4 Å². The number of ketones is 2. The molecule has 0 fully saturated rings. The molecule has 7 nitrogen and oxygen atoms in total. The number of carboxylic acids is 1. The number of ether oxygens (including phenoxy) is 1. The van der Waals surface area contributed by atoms with Crippen LogP contribution in [-0.4, -0.2) is 46.9 Å². The minimum atomic E-state index is -0.991. The molecule has 0 aromatic heterocycles. The Labute approximate surface area is 162 Å². The van der Waals surface area contributed by atoms with Gasteiger partial charge in [0.2, 0.25) is 0 Å². The summed E-state index contributed by atoms with van der Waals surface area (Å²) in [5, 5.41) is 16.9. The van der Waals surface area contributed by atoms with Crippen molar-refractivity contribution in [1.82, 2.24) is 0 Å². The molecule has 1 unspecified atom stereocenters. The molecule has 0 bridgehead atoms. The second-order valence-electron chi connectivity index (χ2n) is 5.68. The Kier molecular flexibility index (Phi) is 24.3. The van der Waals surface area contributed by atoms with Crippen LogP contribution in [0.2, 0.25) is 0 Å². The number of rotatable bonds is 12. The first kappa shape index (κ1) is 29.7. The van der Waals surface area contributed by atoms with Gasteiger partial charge in [-0.1, -0.05) is 33.3 Å². The van der Waals surface area contributed by atoms with E-state index < -0.39 is 24.5 Å². The van der Waals surface area contributed by atoms with Gasteiger partial charge < -0.3 is 14.9 Å². The van der Waals surface area contributed by atoms with Gasteiger partial charge in [0.15, 0.2) is 5.78 Å². The zero-order valence-electron chi connectivity index (χ0n) is 17.2. The lowest BCUT2D eigenvalue weighted by molar-refractivity contribution is -0.145. The van der Waals surface area contributed by atoms with Crippen molar-refractivity contribution in [3.8, 4) is 0 Å². The van der Waals surface area contributed by atoms with E-state index in [-0.39, 0.29) is 24.4 Å². The molecule has 0 rings (SSSR count). The number of aliphatic hydroxyl groups excluding tert-OH is 1. The number of Topliss-reactive ketones (excluding diaryl/α,β-unsaturated/α-hetero) is 2. The molecule has 158 valence electrons. The zero-order valence-corrected chi connectivity index (χ0v) is 17.2. The SMILES string of the molecule is C=CCC.CCCC(=O)CC(=O)OCC.CCCC(CC(=O)O)C(=O)CO. The fourth-order valence-electron chi connectivity index (χ4n) is 1.81. The molecule has 0 aliphatic carbocycles. The average Bonchev–Trinajstić information content (AvgIpc) is 2.61. The standard InChI is InChI=1S/C8H14O4.C8H14O3.C4H8/c1-2-3-6(4-8(11)12)7(10)5-9;1-3-5-7(9)6-8(10)11-4-2;1-3-4-2/h6,9H,2-5H2,1H3,(H,11,12);3-6H2,1-2H3;3H,1,4H2,2H3. The number of hydrogen-bond donors (Lipinski definition) is 2. The van der Waals surface area contributed by atoms with Crippen LogP contribution in [0.1, 0.15) is 72.6 Å². The molecule has 1 atom stereocenters. The van der Waals surface area contributed by atoms with Gasteiger partial charge in [0.05, 0.1) is 13.0 Å². The second kappa shape index (κ2) is 22.0. The molecule has 0 saturated carbocycles. The smallest absolute Gasteiger partial charge is 0.313 e. The fourth-order valence-corrected chi connectivity index (χ4v) is 1.81. The molecule has 0 radical (unpaired) electrons. The third kappa shape index (κ3) is 24.0. The van der Waals surface area contributed by atoms with Gasteiger partial charge in [0.25, 0.3) is 0 Å². The Morgan fingerprint density at radius 2 is 1.63 bits per heavy atom. The van der Waals surface area contributed by atoms with Crippen LogP contribution in [0.25, 0.3) is 0 Å². The number of hydrogen-bond acceptors (Lipinski definition) is 6. The number of allylic oxidation sites excluding steroid dienone is 1. The molecule has 7 heteroatoms. The van der Waals surface area contributed by atoms with Crippen molar-refractivity contribution < 1.29 is 34.1 Å². The first-order valence-electron chi connectivity index (χ1n) is 9.37. The van der Waals surface area contributed by atoms with Crippen molar-refractivity contribution in [1.29, 1.82) is 0 Å². The van der Waals surface area contributed by atoms with Crippen LogP contribution in [0.3, 0.4) is 0 Å². The Bertz CT molecular complexity index is 414. The van der Waals surface area contributed by atoms with Gasteiger partial charge >= 0.3 is 11.9 Å². The maximum absolute atomic E-state index is 10.9. The van der Waals surface area contributed by atoms with Crippen LogP contribution in [0.15, 0.2) is 12.7 Å². The van der Waals surface area contributed by atoms with Crippen molar-refractivity contribution in [2.24, 2.45) is 5.92 Å². The van der Waals surface area contributed by atoms with E-state index in [1.807, 2.05) is 19.9 Å². The Morgan fingerprint density at radius 3 is 1.96 bits per heavy atom. The number of aliphatic carboxylic acids is 1. The van der Waals surface area contributed by atoms with Crippen LogP contribution in [0.4, 0.5) is 0 Å². The molecule has 0 aromatic rings. The van der Waals surface area contributed by atoms with Crippen molar-refractivity contribution in [3.05, 3.63) is 12.7 Å². The van der Waals surface area contributed by atoms with E-state index in [0.717, 1.165) is 19.3 Å². The summed E-state index contributed by atoms with van der Waals surface area (Å²) in [4.78, 5) is 42.7. The lowest BCUT2D eigenvalue weighted by Crippen LogP contribution is -2.21. The van der Waals surface area contributed by atoms with Crippen molar-refractivity contribution in [2.75, 3.05) is 13.2 Å². The first-order chi connectivity index (χ1) is 12.7. The van der Waals surface area contributed by atoms with Gasteiger partial charge in [-0.05, 0) is 26.2 Å². The van der Waals surface area contributed by atoms with Gasteiger partial charge in [-0.2, -0.15) is 0 Å². The molecule has 2 N–H and O–H groups in total. The highest BCUT2D eigenvalue weighted by molar-refractivity contribution is 5.95. The van der Waals surface area contributed by atoms with Crippen molar-refractivity contribution in [2.45, 2.75) is 72.6 Å². The Balaban J connectivity index is -0.000000357.